The molecule has 0 bridgehead atoms. The van der Waals surface area contributed by atoms with Gasteiger partial charge in [0.2, 0.25) is 0 Å². The van der Waals surface area contributed by atoms with Crippen LogP contribution in [0.15, 0.2) is 42.9 Å². The Balaban J connectivity index is 1.43. The lowest BCUT2D eigenvalue weighted by atomic mass is 10.0. The maximum Gasteiger partial charge on any atom is 0.278 e. The van der Waals surface area contributed by atoms with E-state index in [2.05, 4.69) is 25.2 Å². The normalized spacial score (nSPS) is 17.8. The number of rotatable bonds is 4. The molecule has 9 nitrogen and oxygen atoms in total. The van der Waals surface area contributed by atoms with E-state index in [4.69, 9.17) is 10.5 Å². The lowest BCUT2D eigenvalue weighted by Crippen LogP contribution is -2.36. The number of aliphatic hydroxyl groups is 1. The van der Waals surface area contributed by atoms with Gasteiger partial charge in [0.1, 0.15) is 0 Å². The van der Waals surface area contributed by atoms with E-state index in [-0.39, 0.29) is 11.5 Å². The van der Waals surface area contributed by atoms with Crippen molar-refractivity contribution in [2.24, 2.45) is 0 Å². The summed E-state index contributed by atoms with van der Waals surface area (Å²) in [6, 6.07) is 7.69. The lowest BCUT2D eigenvalue weighted by molar-refractivity contribution is 0.102. The Hall–Kier alpha value is -3.56. The fourth-order valence-electron chi connectivity index (χ4n) is 4.19. The second-order valence-corrected chi connectivity index (χ2v) is 7.90. The SMILES string of the molecule is Nc1ncc(-c2ccc3c(c2)C(O)CC3)nc1C(=O)Nc1cnccc1N1CCOCC1. The number of carbonyl (C=O) groups excluding carboxylic acids is 1. The number of aliphatic hydroxyl groups excluding tert-OH is 1. The number of nitrogens with two attached hydrogens (primary N) is 1. The largest absolute Gasteiger partial charge is 0.388 e. The molecule has 4 N–H and O–H groups in total. The number of carbonyl (C=O) groups is 1. The van der Waals surface area contributed by atoms with E-state index in [0.717, 1.165) is 48.3 Å². The smallest absolute Gasteiger partial charge is 0.278 e. The average Bonchev–Trinajstić information content (AvgIpc) is 3.20. The number of hydrogen-bond donors (Lipinski definition) is 3. The third-order valence-corrected chi connectivity index (χ3v) is 5.90. The number of pyridine rings is 1. The van der Waals surface area contributed by atoms with Crippen molar-refractivity contribution in [1.82, 2.24) is 15.0 Å². The van der Waals surface area contributed by atoms with E-state index in [0.29, 0.717) is 24.6 Å². The second-order valence-electron chi connectivity index (χ2n) is 7.90. The number of nitrogens with one attached hydrogen (secondary N) is 1. The summed E-state index contributed by atoms with van der Waals surface area (Å²) < 4.78 is 5.42. The zero-order chi connectivity index (χ0) is 22.1. The molecule has 1 atom stereocenters. The highest BCUT2D eigenvalue weighted by Gasteiger charge is 2.22. The molecule has 1 fully saturated rings. The van der Waals surface area contributed by atoms with Crippen molar-refractivity contribution in [2.45, 2.75) is 18.9 Å². The molecule has 2 aromatic heterocycles. The molecular formula is C23H24N6O3. The highest BCUT2D eigenvalue weighted by atomic mass is 16.5. The predicted molar refractivity (Wildman–Crippen MR) is 120 cm³/mol. The van der Waals surface area contributed by atoms with E-state index in [1.54, 1.807) is 18.6 Å². The first-order valence-electron chi connectivity index (χ1n) is 10.6. The summed E-state index contributed by atoms with van der Waals surface area (Å²) in [5.74, 6) is -0.412. The number of hydrogen-bond acceptors (Lipinski definition) is 8. The van der Waals surface area contributed by atoms with Gasteiger partial charge in [0, 0.05) is 24.8 Å². The first-order chi connectivity index (χ1) is 15.6. The van der Waals surface area contributed by atoms with Gasteiger partial charge in [-0.15, -0.1) is 0 Å². The molecule has 5 rings (SSSR count). The topological polar surface area (TPSA) is 126 Å². The molecule has 0 spiro atoms. The number of amides is 1. The number of nitrogens with zero attached hydrogens (tertiary/aromatic N) is 4. The molecule has 164 valence electrons. The Labute approximate surface area is 185 Å². The molecule has 3 heterocycles. The van der Waals surface area contributed by atoms with Crippen LogP contribution < -0.4 is 16.0 Å². The van der Waals surface area contributed by atoms with Gasteiger partial charge in [0.15, 0.2) is 11.5 Å². The van der Waals surface area contributed by atoms with Crippen LogP contribution in [0.1, 0.15) is 34.1 Å². The minimum Gasteiger partial charge on any atom is -0.388 e. The zero-order valence-corrected chi connectivity index (χ0v) is 17.5. The highest BCUT2D eigenvalue weighted by molar-refractivity contribution is 6.07. The van der Waals surface area contributed by atoms with E-state index in [1.165, 1.54) is 0 Å². The van der Waals surface area contributed by atoms with E-state index in [9.17, 15) is 9.90 Å². The summed E-state index contributed by atoms with van der Waals surface area (Å²) >= 11 is 0. The number of morpholine rings is 1. The van der Waals surface area contributed by atoms with E-state index < -0.39 is 12.0 Å². The second kappa shape index (κ2) is 8.52. The summed E-state index contributed by atoms with van der Waals surface area (Å²) in [5, 5.41) is 13.1. The molecule has 1 saturated heterocycles. The maximum atomic E-state index is 13.1. The minimum atomic E-state index is -0.473. The van der Waals surface area contributed by atoms with Gasteiger partial charge < -0.3 is 25.8 Å². The van der Waals surface area contributed by atoms with E-state index >= 15 is 0 Å². The van der Waals surface area contributed by atoms with Crippen molar-refractivity contribution in [3.05, 3.63) is 59.7 Å². The van der Waals surface area contributed by atoms with Crippen molar-refractivity contribution < 1.29 is 14.6 Å². The van der Waals surface area contributed by atoms with Gasteiger partial charge in [-0.1, -0.05) is 12.1 Å². The lowest BCUT2D eigenvalue weighted by Gasteiger charge is -2.30. The summed E-state index contributed by atoms with van der Waals surface area (Å²) in [6.07, 6.45) is 5.94. The van der Waals surface area contributed by atoms with Crippen LogP contribution in [-0.2, 0) is 11.2 Å². The molecule has 1 aliphatic heterocycles. The molecule has 1 amide bonds. The third kappa shape index (κ3) is 3.88. The van der Waals surface area contributed by atoms with Crippen LogP contribution in [0.3, 0.4) is 0 Å². The van der Waals surface area contributed by atoms with Crippen LogP contribution >= 0.6 is 0 Å². The van der Waals surface area contributed by atoms with Crippen LogP contribution in [0.4, 0.5) is 17.2 Å². The number of aromatic nitrogens is 3. The quantitative estimate of drug-likeness (QED) is 0.573. The molecule has 32 heavy (non-hydrogen) atoms. The van der Waals surface area contributed by atoms with Crippen LogP contribution in [0, 0.1) is 0 Å². The van der Waals surface area contributed by atoms with Gasteiger partial charge in [0.05, 0.1) is 48.8 Å². The summed E-state index contributed by atoms with van der Waals surface area (Å²) in [7, 11) is 0. The van der Waals surface area contributed by atoms with Crippen molar-refractivity contribution in [3.63, 3.8) is 0 Å². The summed E-state index contributed by atoms with van der Waals surface area (Å²) in [4.78, 5) is 28.1. The van der Waals surface area contributed by atoms with Gasteiger partial charge >= 0.3 is 0 Å². The number of ether oxygens (including phenoxy) is 1. The molecule has 1 unspecified atom stereocenters. The standard InChI is InChI=1S/C23H24N6O3/c24-22-21(23(31)28-18-12-25-6-5-19(18)29-7-9-32-10-8-29)27-17(13-26-22)15-2-1-14-3-4-20(30)16(14)11-15/h1-2,5-6,11-13,20,30H,3-4,7-10H2,(H2,24,26)(H,28,31). The molecule has 0 radical (unpaired) electrons. The molecule has 2 aliphatic rings. The predicted octanol–water partition coefficient (Wildman–Crippen LogP) is 2.19. The Bertz CT molecular complexity index is 1160. The molecule has 1 aromatic carbocycles. The minimum absolute atomic E-state index is 0.0420. The Morgan fingerprint density at radius 1 is 1.22 bits per heavy atom. The molecular weight excluding hydrogens is 408 g/mol. The third-order valence-electron chi connectivity index (χ3n) is 5.90. The van der Waals surface area contributed by atoms with Crippen molar-refractivity contribution in [1.29, 1.82) is 0 Å². The number of fused-ring (bicyclic) bond motifs is 1. The first-order valence-corrected chi connectivity index (χ1v) is 10.6. The van der Waals surface area contributed by atoms with Crippen LogP contribution in [0.25, 0.3) is 11.3 Å². The summed E-state index contributed by atoms with van der Waals surface area (Å²) in [6.45, 7) is 2.72. The number of nitrogen functional groups attached to an aromatic ring is 1. The first kappa shape index (κ1) is 20.3. The van der Waals surface area contributed by atoms with Crippen molar-refractivity contribution >= 4 is 23.1 Å². The van der Waals surface area contributed by atoms with Gasteiger partial charge in [-0.05, 0) is 36.1 Å². The number of anilines is 3. The molecule has 1 aliphatic carbocycles. The van der Waals surface area contributed by atoms with Crippen molar-refractivity contribution in [3.8, 4) is 11.3 Å². The molecule has 0 saturated carbocycles. The van der Waals surface area contributed by atoms with Gasteiger partial charge in [-0.2, -0.15) is 0 Å². The molecule has 3 aromatic rings. The van der Waals surface area contributed by atoms with Crippen molar-refractivity contribution in [2.75, 3.05) is 42.3 Å². The highest BCUT2D eigenvalue weighted by Crippen LogP contribution is 2.34. The fraction of sp³-hybridized carbons (Fsp3) is 0.304. The fourth-order valence-corrected chi connectivity index (χ4v) is 4.19. The molecule has 9 heteroatoms. The number of benzene rings is 1. The van der Waals surface area contributed by atoms with E-state index in [1.807, 2.05) is 24.3 Å². The summed E-state index contributed by atoms with van der Waals surface area (Å²) in [5.41, 5.74) is 10.8. The maximum absolute atomic E-state index is 13.1. The monoisotopic (exact) mass is 432 g/mol. The Morgan fingerprint density at radius 2 is 2.06 bits per heavy atom. The Kier molecular flexibility index (Phi) is 5.42. The van der Waals surface area contributed by atoms with Crippen LogP contribution in [0.2, 0.25) is 0 Å². The van der Waals surface area contributed by atoms with Gasteiger partial charge in [-0.3, -0.25) is 9.78 Å². The Morgan fingerprint density at radius 3 is 2.91 bits per heavy atom. The zero-order valence-electron chi connectivity index (χ0n) is 17.5. The van der Waals surface area contributed by atoms with Gasteiger partial charge in [-0.25, -0.2) is 9.97 Å². The van der Waals surface area contributed by atoms with Crippen LogP contribution in [-0.4, -0.2) is 52.3 Å². The average molecular weight is 432 g/mol. The van der Waals surface area contributed by atoms with Gasteiger partial charge in [0.25, 0.3) is 5.91 Å². The number of aryl methyl sites for hydroxylation is 1. The van der Waals surface area contributed by atoms with Crippen LogP contribution in [0.5, 0.6) is 0 Å².